The molecule has 0 unspecified atom stereocenters. The Labute approximate surface area is 221 Å². The summed E-state index contributed by atoms with van der Waals surface area (Å²) < 4.78 is 3.44. The van der Waals surface area contributed by atoms with E-state index in [4.69, 9.17) is 17.2 Å². The van der Waals surface area contributed by atoms with E-state index in [0.717, 1.165) is 15.9 Å². The molecule has 2 aromatic carbocycles. The standard InChI is InChI=1S/C29H29BrN4S/c1-17-14-18(2)27(19(3)15-17)33-20(4)16-24(21(33)5)28-26(25-8-6-7-13-31-25)32-29(35)34(28)23-11-9-22(30)10-12-23/h6-16,26,28H,1-5H3,(H,32,35)/t26-,28-/m1/s1. The first-order chi connectivity index (χ1) is 16.8. The molecular formula is C29H29BrN4S. The summed E-state index contributed by atoms with van der Waals surface area (Å²) in [4.78, 5) is 6.94. The van der Waals surface area contributed by atoms with Gasteiger partial charge in [-0.15, -0.1) is 0 Å². The molecule has 1 N–H and O–H groups in total. The highest BCUT2D eigenvalue weighted by molar-refractivity contribution is 9.10. The van der Waals surface area contributed by atoms with Gasteiger partial charge in [-0.3, -0.25) is 4.98 Å². The Morgan fingerprint density at radius 3 is 2.23 bits per heavy atom. The number of halogens is 1. The average molecular weight is 546 g/mol. The zero-order valence-corrected chi connectivity index (χ0v) is 23.0. The van der Waals surface area contributed by atoms with Gasteiger partial charge in [0.2, 0.25) is 0 Å². The van der Waals surface area contributed by atoms with Crippen molar-refractivity contribution in [2.75, 3.05) is 4.90 Å². The van der Waals surface area contributed by atoms with E-state index in [-0.39, 0.29) is 12.1 Å². The summed E-state index contributed by atoms with van der Waals surface area (Å²) in [6.45, 7) is 11.0. The zero-order valence-electron chi connectivity index (χ0n) is 20.6. The number of nitrogens with zero attached hydrogens (tertiary/aromatic N) is 3. The van der Waals surface area contributed by atoms with Gasteiger partial charge in [0.1, 0.15) is 0 Å². The monoisotopic (exact) mass is 544 g/mol. The summed E-state index contributed by atoms with van der Waals surface area (Å²) >= 11 is 9.48. The lowest BCUT2D eigenvalue weighted by Gasteiger charge is -2.28. The number of aryl methyl sites for hydroxylation is 4. The van der Waals surface area contributed by atoms with Crippen molar-refractivity contribution in [3.63, 3.8) is 0 Å². The fourth-order valence-corrected chi connectivity index (χ4v) is 6.12. The largest absolute Gasteiger partial charge is 0.351 e. The molecule has 2 atom stereocenters. The Bertz CT molecular complexity index is 1390. The van der Waals surface area contributed by atoms with Crippen molar-refractivity contribution in [2.24, 2.45) is 0 Å². The molecule has 6 heteroatoms. The van der Waals surface area contributed by atoms with E-state index in [2.05, 4.69) is 114 Å². The number of rotatable bonds is 4. The predicted molar refractivity (Wildman–Crippen MR) is 152 cm³/mol. The van der Waals surface area contributed by atoms with Crippen molar-refractivity contribution >= 4 is 38.9 Å². The van der Waals surface area contributed by atoms with Gasteiger partial charge in [0.05, 0.1) is 23.5 Å². The molecule has 3 heterocycles. The first-order valence-corrected chi connectivity index (χ1v) is 13.0. The highest BCUT2D eigenvalue weighted by atomic mass is 79.9. The fraction of sp³-hybridized carbons (Fsp3) is 0.241. The molecule has 178 valence electrons. The molecule has 0 radical (unpaired) electrons. The van der Waals surface area contributed by atoms with Crippen LogP contribution in [0, 0.1) is 34.6 Å². The number of hydrogen-bond acceptors (Lipinski definition) is 2. The van der Waals surface area contributed by atoms with Gasteiger partial charge in [0.15, 0.2) is 5.11 Å². The van der Waals surface area contributed by atoms with Crippen LogP contribution in [0.1, 0.15) is 51.4 Å². The fourth-order valence-electron chi connectivity index (χ4n) is 5.51. The molecule has 4 aromatic rings. The van der Waals surface area contributed by atoms with E-state index in [1.54, 1.807) is 0 Å². The number of anilines is 1. The minimum absolute atomic E-state index is 0.0374. The smallest absolute Gasteiger partial charge is 0.174 e. The Kier molecular flexibility index (Phi) is 6.28. The Morgan fingerprint density at radius 2 is 1.60 bits per heavy atom. The minimum Gasteiger partial charge on any atom is -0.351 e. The molecule has 2 aromatic heterocycles. The number of benzene rings is 2. The number of hydrogen-bond donors (Lipinski definition) is 1. The third-order valence-corrected chi connectivity index (χ3v) is 7.69. The van der Waals surface area contributed by atoms with Gasteiger partial charge in [-0.05, 0) is 106 Å². The summed E-state index contributed by atoms with van der Waals surface area (Å²) in [5, 5.41) is 4.29. The van der Waals surface area contributed by atoms with Crippen molar-refractivity contribution in [1.82, 2.24) is 14.9 Å². The van der Waals surface area contributed by atoms with E-state index in [0.29, 0.717) is 5.11 Å². The van der Waals surface area contributed by atoms with Crippen molar-refractivity contribution in [3.05, 3.63) is 111 Å². The summed E-state index contributed by atoms with van der Waals surface area (Å²) in [5.41, 5.74) is 10.8. The van der Waals surface area contributed by atoms with Gasteiger partial charge in [-0.25, -0.2) is 0 Å². The molecule has 0 aliphatic carbocycles. The molecule has 0 spiro atoms. The van der Waals surface area contributed by atoms with Gasteiger partial charge in [-0.2, -0.15) is 0 Å². The molecular weight excluding hydrogens is 516 g/mol. The number of nitrogens with one attached hydrogen (secondary N) is 1. The van der Waals surface area contributed by atoms with Crippen LogP contribution in [-0.4, -0.2) is 14.7 Å². The Morgan fingerprint density at radius 1 is 0.914 bits per heavy atom. The minimum atomic E-state index is -0.0680. The van der Waals surface area contributed by atoms with Gasteiger partial charge in [0, 0.05) is 27.7 Å². The SMILES string of the molecule is Cc1cc(C)c(-n2c(C)cc([C@@H]3[C@@H](c4ccccn4)NC(=S)N3c3ccc(Br)cc3)c2C)c(C)c1. The summed E-state index contributed by atoms with van der Waals surface area (Å²) in [5.74, 6) is 0. The maximum Gasteiger partial charge on any atom is 0.174 e. The van der Waals surface area contributed by atoms with Crippen molar-refractivity contribution in [2.45, 2.75) is 46.7 Å². The van der Waals surface area contributed by atoms with Gasteiger partial charge < -0.3 is 14.8 Å². The van der Waals surface area contributed by atoms with Crippen LogP contribution in [0.25, 0.3) is 5.69 Å². The van der Waals surface area contributed by atoms with Crippen molar-refractivity contribution in [3.8, 4) is 5.69 Å². The topological polar surface area (TPSA) is 33.1 Å². The summed E-state index contributed by atoms with van der Waals surface area (Å²) in [6, 6.07) is 21.1. The van der Waals surface area contributed by atoms with E-state index >= 15 is 0 Å². The first kappa shape index (κ1) is 23.8. The van der Waals surface area contributed by atoms with Crippen molar-refractivity contribution in [1.29, 1.82) is 0 Å². The number of aromatic nitrogens is 2. The number of thiocarbonyl (C=S) groups is 1. The number of pyridine rings is 1. The lowest BCUT2D eigenvalue weighted by molar-refractivity contribution is 0.565. The molecule has 1 aliphatic heterocycles. The van der Waals surface area contributed by atoms with Crippen LogP contribution in [-0.2, 0) is 0 Å². The Hall–Kier alpha value is -2.96. The van der Waals surface area contributed by atoms with Crippen LogP contribution in [0.4, 0.5) is 5.69 Å². The highest BCUT2D eigenvalue weighted by Gasteiger charge is 2.42. The molecule has 4 nitrogen and oxygen atoms in total. The van der Waals surface area contributed by atoms with Gasteiger partial charge >= 0.3 is 0 Å². The highest BCUT2D eigenvalue weighted by Crippen LogP contribution is 2.44. The quantitative estimate of drug-likeness (QED) is 0.272. The molecule has 0 bridgehead atoms. The van der Waals surface area contributed by atoms with Crippen LogP contribution in [0.2, 0.25) is 0 Å². The second-order valence-electron chi connectivity index (χ2n) is 9.38. The Balaban J connectivity index is 1.71. The maximum absolute atomic E-state index is 5.91. The zero-order chi connectivity index (χ0) is 24.9. The molecule has 5 rings (SSSR count). The van der Waals surface area contributed by atoms with E-state index in [9.17, 15) is 0 Å². The van der Waals surface area contributed by atoms with E-state index < -0.39 is 0 Å². The summed E-state index contributed by atoms with van der Waals surface area (Å²) in [6.07, 6.45) is 1.85. The predicted octanol–water partition coefficient (Wildman–Crippen LogP) is 7.35. The van der Waals surface area contributed by atoms with Crippen LogP contribution in [0.3, 0.4) is 0 Å². The summed E-state index contributed by atoms with van der Waals surface area (Å²) in [7, 11) is 0. The van der Waals surface area contributed by atoms with Gasteiger partial charge in [0.25, 0.3) is 0 Å². The van der Waals surface area contributed by atoms with Crippen LogP contribution in [0.15, 0.2) is 71.3 Å². The van der Waals surface area contributed by atoms with Crippen LogP contribution in [0.5, 0.6) is 0 Å². The van der Waals surface area contributed by atoms with Crippen molar-refractivity contribution < 1.29 is 0 Å². The third-order valence-electron chi connectivity index (χ3n) is 6.85. The maximum atomic E-state index is 5.91. The molecule has 0 amide bonds. The molecule has 1 aliphatic rings. The first-order valence-electron chi connectivity index (χ1n) is 11.8. The lowest BCUT2D eigenvalue weighted by Crippen LogP contribution is -2.29. The molecule has 35 heavy (non-hydrogen) atoms. The molecule has 1 fully saturated rings. The van der Waals surface area contributed by atoms with Crippen LogP contribution >= 0.6 is 28.1 Å². The lowest BCUT2D eigenvalue weighted by atomic mass is 9.96. The second kappa shape index (κ2) is 9.25. The normalized spacial score (nSPS) is 17.7. The molecule has 1 saturated heterocycles. The van der Waals surface area contributed by atoms with Crippen LogP contribution < -0.4 is 10.2 Å². The van der Waals surface area contributed by atoms with E-state index in [1.807, 2.05) is 18.3 Å². The average Bonchev–Trinajstić information content (AvgIpc) is 3.30. The second-order valence-corrected chi connectivity index (χ2v) is 10.7. The molecule has 0 saturated carbocycles. The third kappa shape index (κ3) is 4.19. The van der Waals surface area contributed by atoms with E-state index in [1.165, 1.54) is 39.3 Å². The van der Waals surface area contributed by atoms with Gasteiger partial charge in [-0.1, -0.05) is 39.7 Å².